The molecule has 0 radical (unpaired) electrons. The van der Waals surface area contributed by atoms with Crippen molar-refractivity contribution in [2.24, 2.45) is 10.3 Å². The SMILES string of the molecule is CC(=N\O)/C(C)=N/Nc1nc2ccccc2s1. The maximum absolute atomic E-state index is 8.58. The van der Waals surface area contributed by atoms with E-state index in [9.17, 15) is 0 Å². The lowest BCUT2D eigenvalue weighted by molar-refractivity contribution is 0.320. The average Bonchev–Trinajstić information content (AvgIpc) is 2.77. The molecule has 0 atom stereocenters. The second-order valence-corrected chi connectivity index (χ2v) is 4.51. The van der Waals surface area contributed by atoms with Gasteiger partial charge in [0.1, 0.15) is 0 Å². The first-order valence-corrected chi connectivity index (χ1v) is 5.87. The van der Waals surface area contributed by atoms with Crippen LogP contribution in [-0.4, -0.2) is 21.6 Å². The van der Waals surface area contributed by atoms with Crippen molar-refractivity contribution in [2.75, 3.05) is 5.43 Å². The number of nitrogens with one attached hydrogen (secondary N) is 1. The molecular formula is C11H12N4OS. The summed E-state index contributed by atoms with van der Waals surface area (Å²) in [5.74, 6) is 0. The Morgan fingerprint density at radius 3 is 2.76 bits per heavy atom. The standard InChI is InChI=1S/C11H12N4OS/c1-7(8(2)15-16)13-14-11-12-9-5-3-4-6-10(9)17-11/h3-6,16H,1-2H3,(H,12,14)/b13-7+,15-8+. The van der Waals surface area contributed by atoms with E-state index in [4.69, 9.17) is 5.21 Å². The van der Waals surface area contributed by atoms with E-state index in [0.717, 1.165) is 15.3 Å². The van der Waals surface area contributed by atoms with Crippen LogP contribution in [0.2, 0.25) is 0 Å². The van der Waals surface area contributed by atoms with Gasteiger partial charge < -0.3 is 5.21 Å². The van der Waals surface area contributed by atoms with E-state index in [1.807, 2.05) is 24.3 Å². The molecule has 0 saturated carbocycles. The Morgan fingerprint density at radius 2 is 2.06 bits per heavy atom. The van der Waals surface area contributed by atoms with Crippen LogP contribution in [-0.2, 0) is 0 Å². The number of fused-ring (bicyclic) bond motifs is 1. The molecule has 0 amide bonds. The van der Waals surface area contributed by atoms with E-state index < -0.39 is 0 Å². The summed E-state index contributed by atoms with van der Waals surface area (Å²) in [5, 5.41) is 16.5. The highest BCUT2D eigenvalue weighted by Gasteiger charge is 2.02. The van der Waals surface area contributed by atoms with Gasteiger partial charge in [0.25, 0.3) is 0 Å². The first kappa shape index (κ1) is 11.5. The Hall–Kier alpha value is -1.95. The van der Waals surface area contributed by atoms with Gasteiger partial charge in [0.15, 0.2) is 0 Å². The molecule has 0 unspecified atom stereocenters. The summed E-state index contributed by atoms with van der Waals surface area (Å²) in [7, 11) is 0. The van der Waals surface area contributed by atoms with Crippen LogP contribution in [0.25, 0.3) is 10.2 Å². The van der Waals surface area contributed by atoms with Crippen molar-refractivity contribution in [1.82, 2.24) is 4.98 Å². The molecule has 0 saturated heterocycles. The molecule has 1 heterocycles. The third kappa shape index (κ3) is 2.59. The number of thiazole rings is 1. The Balaban J connectivity index is 2.19. The molecule has 88 valence electrons. The summed E-state index contributed by atoms with van der Waals surface area (Å²) in [6, 6.07) is 7.88. The van der Waals surface area contributed by atoms with Gasteiger partial charge in [0, 0.05) is 0 Å². The molecule has 0 aliphatic carbocycles. The minimum atomic E-state index is 0.471. The summed E-state index contributed by atoms with van der Waals surface area (Å²) in [5.41, 5.74) is 4.89. The molecule has 2 N–H and O–H groups in total. The van der Waals surface area contributed by atoms with Crippen LogP contribution in [0, 0.1) is 0 Å². The number of para-hydroxylation sites is 1. The number of oxime groups is 1. The molecule has 5 nitrogen and oxygen atoms in total. The van der Waals surface area contributed by atoms with E-state index in [1.165, 1.54) is 11.3 Å². The maximum atomic E-state index is 8.58. The van der Waals surface area contributed by atoms with Crippen LogP contribution in [0.5, 0.6) is 0 Å². The largest absolute Gasteiger partial charge is 0.411 e. The van der Waals surface area contributed by atoms with Crippen LogP contribution in [0.15, 0.2) is 34.5 Å². The van der Waals surface area contributed by atoms with Gasteiger partial charge >= 0.3 is 0 Å². The number of nitrogens with zero attached hydrogens (tertiary/aromatic N) is 3. The minimum Gasteiger partial charge on any atom is -0.411 e. The van der Waals surface area contributed by atoms with Crippen molar-refractivity contribution in [3.05, 3.63) is 24.3 Å². The number of hydrazone groups is 1. The predicted molar refractivity (Wildman–Crippen MR) is 71.2 cm³/mol. The highest BCUT2D eigenvalue weighted by Crippen LogP contribution is 2.25. The number of anilines is 1. The zero-order valence-corrected chi connectivity index (χ0v) is 10.3. The highest BCUT2D eigenvalue weighted by atomic mass is 32.1. The quantitative estimate of drug-likeness (QED) is 0.498. The molecule has 0 aliphatic rings. The molecule has 1 aromatic heterocycles. The molecule has 1 aromatic carbocycles. The summed E-state index contributed by atoms with van der Waals surface area (Å²) < 4.78 is 1.11. The molecular weight excluding hydrogens is 236 g/mol. The van der Waals surface area contributed by atoms with Crippen molar-refractivity contribution in [1.29, 1.82) is 0 Å². The smallest absolute Gasteiger partial charge is 0.204 e. The van der Waals surface area contributed by atoms with Crippen molar-refractivity contribution in [3.63, 3.8) is 0 Å². The first-order valence-electron chi connectivity index (χ1n) is 5.05. The third-order valence-corrected chi connectivity index (χ3v) is 3.23. The van der Waals surface area contributed by atoms with Gasteiger partial charge in [0.2, 0.25) is 5.13 Å². The Morgan fingerprint density at radius 1 is 1.29 bits per heavy atom. The minimum absolute atomic E-state index is 0.471. The fourth-order valence-corrected chi connectivity index (χ4v) is 2.01. The summed E-state index contributed by atoms with van der Waals surface area (Å²) >= 11 is 1.53. The van der Waals surface area contributed by atoms with E-state index in [-0.39, 0.29) is 0 Å². The molecule has 2 aromatic rings. The predicted octanol–water partition coefficient (Wildman–Crippen LogP) is 2.93. The van der Waals surface area contributed by atoms with E-state index in [2.05, 4.69) is 20.7 Å². The van der Waals surface area contributed by atoms with Gasteiger partial charge in [-0.05, 0) is 26.0 Å². The Labute approximate surface area is 102 Å². The second kappa shape index (κ2) is 4.92. The number of aromatic nitrogens is 1. The maximum Gasteiger partial charge on any atom is 0.204 e. The summed E-state index contributed by atoms with van der Waals surface area (Å²) in [6.45, 7) is 3.44. The topological polar surface area (TPSA) is 69.9 Å². The second-order valence-electron chi connectivity index (χ2n) is 3.48. The zero-order chi connectivity index (χ0) is 12.3. The number of hydrogen-bond donors (Lipinski definition) is 2. The van der Waals surface area contributed by atoms with Crippen molar-refractivity contribution < 1.29 is 5.21 Å². The third-order valence-electron chi connectivity index (χ3n) is 2.29. The highest BCUT2D eigenvalue weighted by molar-refractivity contribution is 7.22. The van der Waals surface area contributed by atoms with Gasteiger partial charge in [-0.2, -0.15) is 5.10 Å². The summed E-state index contributed by atoms with van der Waals surface area (Å²) in [6.07, 6.45) is 0. The van der Waals surface area contributed by atoms with Crippen LogP contribution >= 0.6 is 11.3 Å². The number of hydrogen-bond acceptors (Lipinski definition) is 6. The molecule has 0 spiro atoms. The monoisotopic (exact) mass is 248 g/mol. The zero-order valence-electron chi connectivity index (χ0n) is 9.51. The van der Waals surface area contributed by atoms with Gasteiger partial charge in [-0.3, -0.25) is 5.43 Å². The number of benzene rings is 1. The van der Waals surface area contributed by atoms with Gasteiger partial charge in [-0.25, -0.2) is 4.98 Å². The lowest BCUT2D eigenvalue weighted by Crippen LogP contribution is -2.07. The van der Waals surface area contributed by atoms with Crippen LogP contribution in [0.4, 0.5) is 5.13 Å². The molecule has 0 aliphatic heterocycles. The van der Waals surface area contributed by atoms with Crippen molar-refractivity contribution >= 4 is 38.1 Å². The Bertz CT molecular complexity index is 555. The number of rotatable bonds is 3. The molecule has 6 heteroatoms. The lowest BCUT2D eigenvalue weighted by Gasteiger charge is -1.97. The van der Waals surface area contributed by atoms with Crippen molar-refractivity contribution in [3.8, 4) is 0 Å². The first-order chi connectivity index (χ1) is 8.20. The van der Waals surface area contributed by atoms with Crippen LogP contribution in [0.3, 0.4) is 0 Å². The fraction of sp³-hybridized carbons (Fsp3) is 0.182. The average molecular weight is 248 g/mol. The lowest BCUT2D eigenvalue weighted by atomic mass is 10.3. The normalized spacial score (nSPS) is 13.1. The van der Waals surface area contributed by atoms with Crippen molar-refractivity contribution in [2.45, 2.75) is 13.8 Å². The van der Waals surface area contributed by atoms with Gasteiger partial charge in [-0.1, -0.05) is 28.6 Å². The molecule has 0 bridgehead atoms. The van der Waals surface area contributed by atoms with Gasteiger partial charge in [-0.15, -0.1) is 0 Å². The van der Waals surface area contributed by atoms with Crippen LogP contribution < -0.4 is 5.43 Å². The van der Waals surface area contributed by atoms with E-state index in [1.54, 1.807) is 13.8 Å². The Kier molecular flexibility index (Phi) is 3.34. The van der Waals surface area contributed by atoms with E-state index in [0.29, 0.717) is 11.4 Å². The van der Waals surface area contributed by atoms with Gasteiger partial charge in [0.05, 0.1) is 21.6 Å². The molecule has 0 fully saturated rings. The fourth-order valence-electron chi connectivity index (χ4n) is 1.20. The molecule has 17 heavy (non-hydrogen) atoms. The van der Waals surface area contributed by atoms with E-state index >= 15 is 0 Å². The summed E-state index contributed by atoms with van der Waals surface area (Å²) in [4.78, 5) is 4.37. The van der Waals surface area contributed by atoms with Crippen LogP contribution in [0.1, 0.15) is 13.8 Å². The molecule has 2 rings (SSSR count).